The number of furan rings is 1. The molecule has 0 saturated carbocycles. The number of imidazole rings is 1. The molecule has 0 aliphatic heterocycles. The van der Waals surface area contributed by atoms with Gasteiger partial charge in [-0.05, 0) is 34.1 Å². The number of nitrogens with zero attached hydrogens (tertiary/aromatic N) is 3. The van der Waals surface area contributed by atoms with Crippen molar-refractivity contribution in [2.24, 2.45) is 0 Å². The van der Waals surface area contributed by atoms with E-state index in [1.165, 1.54) is 23.5 Å². The Morgan fingerprint density at radius 3 is 3.05 bits per heavy atom. The third-order valence-electron chi connectivity index (χ3n) is 2.75. The minimum Gasteiger partial charge on any atom is -0.454 e. The molecule has 0 amide bonds. The zero-order valence-electron chi connectivity index (χ0n) is 9.30. The van der Waals surface area contributed by atoms with Gasteiger partial charge in [0.1, 0.15) is 17.1 Å². The molecule has 0 radical (unpaired) electrons. The lowest BCUT2D eigenvalue weighted by Crippen LogP contribution is -1.77. The first-order valence-corrected chi connectivity index (χ1v) is 7.01. The molecule has 0 aliphatic carbocycles. The molecule has 0 aliphatic rings. The Labute approximate surface area is 118 Å². The molecule has 0 atom stereocenters. The molecule has 3 aromatic heterocycles. The van der Waals surface area contributed by atoms with Gasteiger partial charge < -0.3 is 4.42 Å². The van der Waals surface area contributed by atoms with E-state index >= 15 is 0 Å². The maximum Gasteiger partial charge on any atom is 0.213 e. The van der Waals surface area contributed by atoms with Crippen molar-refractivity contribution in [1.29, 1.82) is 0 Å². The normalized spacial score (nSPS) is 11.7. The van der Waals surface area contributed by atoms with Crippen molar-refractivity contribution in [3.63, 3.8) is 0 Å². The maximum atomic E-state index is 13.1. The fraction of sp³-hybridized carbons (Fsp3) is 0. The number of fused-ring (bicyclic) bond motifs is 2. The summed E-state index contributed by atoms with van der Waals surface area (Å²) < 4.78 is 21.2. The first-order chi connectivity index (χ1) is 9.19. The van der Waals surface area contributed by atoms with Crippen LogP contribution < -0.4 is 0 Å². The van der Waals surface area contributed by atoms with E-state index in [1.807, 2.05) is 6.07 Å². The fourth-order valence-electron chi connectivity index (χ4n) is 1.93. The predicted molar refractivity (Wildman–Crippen MR) is 73.7 cm³/mol. The average Bonchev–Trinajstić information content (AvgIpc) is 2.99. The Bertz CT molecular complexity index is 879. The zero-order valence-corrected chi connectivity index (χ0v) is 11.7. The van der Waals surface area contributed by atoms with Crippen molar-refractivity contribution < 1.29 is 8.81 Å². The van der Waals surface area contributed by atoms with Gasteiger partial charge in [-0.1, -0.05) is 11.3 Å². The smallest absolute Gasteiger partial charge is 0.213 e. The second kappa shape index (κ2) is 3.88. The Morgan fingerprint density at radius 1 is 1.32 bits per heavy atom. The zero-order chi connectivity index (χ0) is 13.0. The lowest BCUT2D eigenvalue weighted by atomic mass is 10.2. The first kappa shape index (κ1) is 11.1. The van der Waals surface area contributed by atoms with Gasteiger partial charge in [0.2, 0.25) is 4.96 Å². The lowest BCUT2D eigenvalue weighted by Gasteiger charge is -1.87. The van der Waals surface area contributed by atoms with Crippen LogP contribution in [-0.2, 0) is 0 Å². The number of rotatable bonds is 1. The van der Waals surface area contributed by atoms with Crippen molar-refractivity contribution in [3.8, 4) is 11.5 Å². The Kier molecular flexibility index (Phi) is 2.27. The van der Waals surface area contributed by atoms with Crippen molar-refractivity contribution in [2.75, 3.05) is 0 Å². The summed E-state index contributed by atoms with van der Waals surface area (Å²) in [5.74, 6) is 0.291. The molecule has 3 heterocycles. The summed E-state index contributed by atoms with van der Waals surface area (Å²) >= 11 is 4.73. The lowest BCUT2D eigenvalue weighted by molar-refractivity contribution is 0.606. The van der Waals surface area contributed by atoms with Crippen molar-refractivity contribution >= 4 is 43.2 Å². The summed E-state index contributed by atoms with van der Waals surface area (Å²) in [6.45, 7) is 0. The van der Waals surface area contributed by atoms with E-state index in [1.54, 1.807) is 16.8 Å². The van der Waals surface area contributed by atoms with E-state index in [0.29, 0.717) is 17.0 Å². The van der Waals surface area contributed by atoms with E-state index in [4.69, 9.17) is 4.42 Å². The third kappa shape index (κ3) is 1.77. The SMILES string of the molecule is Fc1ccc2cc(-c3cn4nc(Br)sc4n3)oc2c1. The van der Waals surface area contributed by atoms with Crippen LogP contribution in [-0.4, -0.2) is 14.6 Å². The van der Waals surface area contributed by atoms with Gasteiger partial charge in [-0.2, -0.15) is 0 Å². The minimum absolute atomic E-state index is 0.315. The Hall–Kier alpha value is -1.73. The van der Waals surface area contributed by atoms with Crippen LogP contribution in [0.3, 0.4) is 0 Å². The van der Waals surface area contributed by atoms with Crippen molar-refractivity contribution in [2.45, 2.75) is 0 Å². The van der Waals surface area contributed by atoms with Gasteiger partial charge in [0, 0.05) is 11.5 Å². The number of hydrogen-bond acceptors (Lipinski definition) is 4. The maximum absolute atomic E-state index is 13.1. The van der Waals surface area contributed by atoms with Crippen LogP contribution in [0.25, 0.3) is 27.4 Å². The van der Waals surface area contributed by atoms with Crippen LogP contribution in [0.2, 0.25) is 0 Å². The van der Waals surface area contributed by atoms with E-state index < -0.39 is 0 Å². The van der Waals surface area contributed by atoms with Crippen LogP contribution in [0.4, 0.5) is 4.39 Å². The highest BCUT2D eigenvalue weighted by molar-refractivity contribution is 9.11. The monoisotopic (exact) mass is 337 g/mol. The molecule has 4 aromatic rings. The molecule has 0 bridgehead atoms. The van der Waals surface area contributed by atoms with Crippen LogP contribution >= 0.6 is 27.3 Å². The highest BCUT2D eigenvalue weighted by Gasteiger charge is 2.12. The van der Waals surface area contributed by atoms with E-state index in [2.05, 4.69) is 26.0 Å². The molecule has 7 heteroatoms. The Balaban J connectivity index is 1.90. The molecule has 1 aromatic carbocycles. The largest absolute Gasteiger partial charge is 0.454 e. The molecular formula is C12H5BrFN3OS. The molecule has 19 heavy (non-hydrogen) atoms. The van der Waals surface area contributed by atoms with Crippen LogP contribution in [0.1, 0.15) is 0 Å². The summed E-state index contributed by atoms with van der Waals surface area (Å²) in [5, 5.41) is 5.06. The third-order valence-corrected chi connectivity index (χ3v) is 4.11. The van der Waals surface area contributed by atoms with Gasteiger partial charge in [0.15, 0.2) is 9.68 Å². The predicted octanol–water partition coefficient (Wildman–Crippen LogP) is 4.11. The van der Waals surface area contributed by atoms with E-state index in [0.717, 1.165) is 14.3 Å². The van der Waals surface area contributed by atoms with Crippen molar-refractivity contribution in [3.05, 3.63) is 40.2 Å². The quantitative estimate of drug-likeness (QED) is 0.525. The fourth-order valence-corrected chi connectivity index (χ4v) is 3.14. The summed E-state index contributed by atoms with van der Waals surface area (Å²) in [4.78, 5) is 5.19. The number of benzene rings is 1. The first-order valence-electron chi connectivity index (χ1n) is 5.40. The molecule has 94 valence electrons. The number of halogens is 2. The van der Waals surface area contributed by atoms with Gasteiger partial charge in [-0.25, -0.2) is 13.9 Å². The molecule has 0 spiro atoms. The molecule has 0 fully saturated rings. The highest BCUT2D eigenvalue weighted by atomic mass is 79.9. The molecule has 4 rings (SSSR count). The van der Waals surface area contributed by atoms with Crippen LogP contribution in [0.15, 0.2) is 38.8 Å². The summed E-state index contributed by atoms with van der Waals surface area (Å²) in [7, 11) is 0. The number of aromatic nitrogens is 3. The second-order valence-corrected chi connectivity index (χ2v) is 6.23. The average molecular weight is 338 g/mol. The molecule has 0 unspecified atom stereocenters. The van der Waals surface area contributed by atoms with Gasteiger partial charge in [-0.3, -0.25) is 0 Å². The number of hydrogen-bond donors (Lipinski definition) is 0. The minimum atomic E-state index is -0.315. The summed E-state index contributed by atoms with van der Waals surface area (Å²) in [6.07, 6.45) is 1.78. The van der Waals surface area contributed by atoms with Gasteiger partial charge in [0.25, 0.3) is 0 Å². The van der Waals surface area contributed by atoms with Gasteiger partial charge in [0.05, 0.1) is 6.20 Å². The topological polar surface area (TPSA) is 43.3 Å². The highest BCUT2D eigenvalue weighted by Crippen LogP contribution is 2.29. The molecule has 0 N–H and O–H groups in total. The molecule has 4 nitrogen and oxygen atoms in total. The standard InChI is InChI=1S/C12H5BrFN3OS/c13-11-16-17-5-8(15-12(17)19-11)10-3-6-1-2-7(14)4-9(6)18-10/h1-5H. The van der Waals surface area contributed by atoms with Gasteiger partial charge in [-0.15, -0.1) is 5.10 Å². The molecule has 0 saturated heterocycles. The van der Waals surface area contributed by atoms with E-state index in [-0.39, 0.29) is 5.82 Å². The van der Waals surface area contributed by atoms with Crippen molar-refractivity contribution in [1.82, 2.24) is 14.6 Å². The molecular weight excluding hydrogens is 333 g/mol. The second-order valence-electron chi connectivity index (χ2n) is 4.00. The van der Waals surface area contributed by atoms with E-state index in [9.17, 15) is 4.39 Å². The van der Waals surface area contributed by atoms with Crippen LogP contribution in [0.5, 0.6) is 0 Å². The Morgan fingerprint density at radius 2 is 2.21 bits per heavy atom. The van der Waals surface area contributed by atoms with Crippen LogP contribution in [0, 0.1) is 5.82 Å². The summed E-state index contributed by atoms with van der Waals surface area (Å²) in [5.41, 5.74) is 1.20. The summed E-state index contributed by atoms with van der Waals surface area (Å²) in [6, 6.07) is 6.30. The van der Waals surface area contributed by atoms with Gasteiger partial charge >= 0.3 is 0 Å².